The van der Waals surface area contributed by atoms with Gasteiger partial charge in [0, 0.05) is 28.2 Å². The van der Waals surface area contributed by atoms with Crippen LogP contribution in [0, 0.1) is 0 Å². The summed E-state index contributed by atoms with van der Waals surface area (Å²) in [6, 6.07) is 13.8. The predicted octanol–water partition coefficient (Wildman–Crippen LogP) is 6.10. The summed E-state index contributed by atoms with van der Waals surface area (Å²) in [6.45, 7) is 10.4. The van der Waals surface area contributed by atoms with Crippen LogP contribution < -0.4 is 4.74 Å². The molecule has 142 valence electrons. The fourth-order valence-corrected chi connectivity index (χ4v) is 3.31. The number of hydrogen-bond acceptors (Lipinski definition) is 3. The van der Waals surface area contributed by atoms with E-state index in [9.17, 15) is 0 Å². The van der Waals surface area contributed by atoms with Crippen molar-refractivity contribution in [3.05, 3.63) is 63.1 Å². The van der Waals surface area contributed by atoms with Crippen molar-refractivity contribution in [2.45, 2.75) is 33.5 Å². The molecular weight excluding hydrogens is 414 g/mol. The van der Waals surface area contributed by atoms with Crippen LogP contribution in [0.2, 0.25) is 5.02 Å². The number of hydrogen-bond donors (Lipinski definition) is 0. The van der Waals surface area contributed by atoms with Crippen molar-refractivity contribution in [3.63, 3.8) is 0 Å². The minimum atomic E-state index is -0.0300. The van der Waals surface area contributed by atoms with Gasteiger partial charge < -0.3 is 14.4 Å². The number of nitrogens with zero attached hydrogens (tertiary/aromatic N) is 1. The Balaban J connectivity index is 2.21. The zero-order chi connectivity index (χ0) is 18.9. The Morgan fingerprint density at radius 1 is 1.04 bits per heavy atom. The number of ether oxygens (including phenoxy) is 2. The first kappa shape index (κ1) is 21.2. The van der Waals surface area contributed by atoms with E-state index in [-0.39, 0.29) is 6.10 Å². The van der Waals surface area contributed by atoms with E-state index in [0.717, 1.165) is 46.0 Å². The fraction of sp³-hybridized carbons (Fsp3) is 0.429. The van der Waals surface area contributed by atoms with Gasteiger partial charge in [-0.15, -0.1) is 0 Å². The molecule has 0 saturated carbocycles. The second-order valence-corrected chi connectivity index (χ2v) is 7.38. The minimum absolute atomic E-state index is 0.0300. The van der Waals surface area contributed by atoms with Gasteiger partial charge in [0.05, 0.1) is 6.10 Å². The van der Waals surface area contributed by atoms with E-state index < -0.39 is 0 Å². The summed E-state index contributed by atoms with van der Waals surface area (Å²) in [4.78, 5) is 2.37. The number of halogens is 2. The highest BCUT2D eigenvalue weighted by Gasteiger charge is 2.20. The molecule has 0 heterocycles. The Labute approximate surface area is 170 Å². The van der Waals surface area contributed by atoms with E-state index in [0.29, 0.717) is 13.2 Å². The first-order valence-electron chi connectivity index (χ1n) is 9.08. The molecular formula is C21H27BrClNO2. The van der Waals surface area contributed by atoms with Crippen LogP contribution in [0.3, 0.4) is 0 Å². The highest BCUT2D eigenvalue weighted by Crippen LogP contribution is 2.32. The van der Waals surface area contributed by atoms with Gasteiger partial charge in [0.2, 0.25) is 0 Å². The van der Waals surface area contributed by atoms with E-state index >= 15 is 0 Å². The summed E-state index contributed by atoms with van der Waals surface area (Å²) in [7, 11) is 0. The van der Waals surface area contributed by atoms with Crippen molar-refractivity contribution >= 4 is 27.5 Å². The fourth-order valence-electron chi connectivity index (χ4n) is 2.80. The highest BCUT2D eigenvalue weighted by molar-refractivity contribution is 9.10. The molecule has 3 nitrogen and oxygen atoms in total. The maximum Gasteiger partial charge on any atom is 0.125 e. The van der Waals surface area contributed by atoms with E-state index in [4.69, 9.17) is 21.1 Å². The van der Waals surface area contributed by atoms with Gasteiger partial charge in [-0.3, -0.25) is 0 Å². The Morgan fingerprint density at radius 3 is 2.35 bits per heavy atom. The number of likely N-dealkylation sites (N-methyl/N-ethyl adjacent to an activating group) is 1. The van der Waals surface area contributed by atoms with Crippen molar-refractivity contribution < 1.29 is 9.47 Å². The van der Waals surface area contributed by atoms with Gasteiger partial charge in [0.25, 0.3) is 0 Å². The predicted molar refractivity (Wildman–Crippen MR) is 112 cm³/mol. The molecule has 0 amide bonds. The Hall–Kier alpha value is -1.07. The van der Waals surface area contributed by atoms with Crippen molar-refractivity contribution in [1.82, 2.24) is 4.90 Å². The van der Waals surface area contributed by atoms with E-state index in [1.165, 1.54) is 0 Å². The first-order valence-corrected chi connectivity index (χ1v) is 10.2. The molecule has 0 bridgehead atoms. The Morgan fingerprint density at radius 2 is 1.73 bits per heavy atom. The maximum atomic E-state index is 6.13. The maximum absolute atomic E-state index is 6.13. The molecule has 26 heavy (non-hydrogen) atoms. The van der Waals surface area contributed by atoms with E-state index in [1.807, 2.05) is 43.3 Å². The molecule has 0 spiro atoms. The van der Waals surface area contributed by atoms with Gasteiger partial charge in [0.15, 0.2) is 0 Å². The minimum Gasteiger partial charge on any atom is -0.489 e. The van der Waals surface area contributed by atoms with Crippen LogP contribution in [-0.4, -0.2) is 31.1 Å². The Bertz CT molecular complexity index is 674. The standard InChI is InChI=1S/C21H27BrClNO2/c1-4-24(5-2)14-21(25-6-3)19-13-17(22)9-12-20(19)26-15-16-7-10-18(23)11-8-16/h7-13,21H,4-6,14-15H2,1-3H3. The molecule has 0 saturated heterocycles. The first-order chi connectivity index (χ1) is 12.6. The van der Waals surface area contributed by atoms with Crippen molar-refractivity contribution in [2.75, 3.05) is 26.2 Å². The van der Waals surface area contributed by atoms with Gasteiger partial charge in [-0.25, -0.2) is 0 Å². The molecule has 2 aromatic carbocycles. The van der Waals surface area contributed by atoms with Crippen LogP contribution in [-0.2, 0) is 11.3 Å². The van der Waals surface area contributed by atoms with Crippen LogP contribution in [0.25, 0.3) is 0 Å². The molecule has 0 radical (unpaired) electrons. The van der Waals surface area contributed by atoms with Gasteiger partial charge in [-0.05, 0) is 55.9 Å². The van der Waals surface area contributed by atoms with Gasteiger partial charge >= 0.3 is 0 Å². The molecule has 0 aliphatic carbocycles. The summed E-state index contributed by atoms with van der Waals surface area (Å²) in [5.41, 5.74) is 2.15. The van der Waals surface area contributed by atoms with Gasteiger partial charge in [-0.1, -0.05) is 53.5 Å². The van der Waals surface area contributed by atoms with Crippen LogP contribution >= 0.6 is 27.5 Å². The summed E-state index contributed by atoms with van der Waals surface area (Å²) >= 11 is 9.54. The lowest BCUT2D eigenvalue weighted by atomic mass is 10.1. The highest BCUT2D eigenvalue weighted by atomic mass is 79.9. The second-order valence-electron chi connectivity index (χ2n) is 6.03. The van der Waals surface area contributed by atoms with Gasteiger partial charge in [0.1, 0.15) is 12.4 Å². The monoisotopic (exact) mass is 439 g/mol. The third-order valence-electron chi connectivity index (χ3n) is 4.31. The molecule has 0 aliphatic heterocycles. The zero-order valence-corrected chi connectivity index (χ0v) is 18.0. The van der Waals surface area contributed by atoms with Crippen molar-refractivity contribution in [2.24, 2.45) is 0 Å². The molecule has 1 unspecified atom stereocenters. The molecule has 2 rings (SSSR count). The topological polar surface area (TPSA) is 21.7 Å². The average molecular weight is 441 g/mol. The number of rotatable bonds is 10. The molecule has 2 aromatic rings. The third kappa shape index (κ3) is 6.27. The molecule has 0 fully saturated rings. The largest absolute Gasteiger partial charge is 0.489 e. The quantitative estimate of drug-likeness (QED) is 0.445. The lowest BCUT2D eigenvalue weighted by Crippen LogP contribution is -2.29. The van der Waals surface area contributed by atoms with E-state index in [1.54, 1.807) is 0 Å². The Kier molecular flexibility index (Phi) is 8.93. The normalized spacial score (nSPS) is 12.4. The van der Waals surface area contributed by atoms with Crippen molar-refractivity contribution in [3.8, 4) is 5.75 Å². The molecule has 0 aromatic heterocycles. The van der Waals surface area contributed by atoms with Crippen LogP contribution in [0.5, 0.6) is 5.75 Å². The van der Waals surface area contributed by atoms with Crippen LogP contribution in [0.1, 0.15) is 38.0 Å². The van der Waals surface area contributed by atoms with Crippen molar-refractivity contribution in [1.29, 1.82) is 0 Å². The molecule has 0 aliphatic rings. The van der Waals surface area contributed by atoms with Gasteiger partial charge in [-0.2, -0.15) is 0 Å². The third-order valence-corrected chi connectivity index (χ3v) is 5.06. The molecule has 1 atom stereocenters. The number of benzene rings is 2. The summed E-state index contributed by atoms with van der Waals surface area (Å²) < 4.78 is 13.2. The van der Waals surface area contributed by atoms with E-state index in [2.05, 4.69) is 40.7 Å². The lowest BCUT2D eigenvalue weighted by Gasteiger charge is -2.27. The smallest absolute Gasteiger partial charge is 0.125 e. The average Bonchev–Trinajstić information content (AvgIpc) is 2.65. The zero-order valence-electron chi connectivity index (χ0n) is 15.7. The van der Waals surface area contributed by atoms with Crippen LogP contribution in [0.15, 0.2) is 46.9 Å². The van der Waals surface area contributed by atoms with Crippen LogP contribution in [0.4, 0.5) is 0 Å². The second kappa shape index (κ2) is 10.9. The SMILES string of the molecule is CCOC(CN(CC)CC)c1cc(Br)ccc1OCc1ccc(Cl)cc1. The summed E-state index contributed by atoms with van der Waals surface area (Å²) in [5.74, 6) is 0.855. The molecule has 5 heteroatoms. The summed E-state index contributed by atoms with van der Waals surface area (Å²) in [6.07, 6.45) is -0.0300. The molecule has 0 N–H and O–H groups in total. The lowest BCUT2D eigenvalue weighted by molar-refractivity contribution is 0.0327. The summed E-state index contributed by atoms with van der Waals surface area (Å²) in [5, 5.41) is 0.730.